The van der Waals surface area contributed by atoms with E-state index in [9.17, 15) is 19.2 Å². The van der Waals surface area contributed by atoms with E-state index in [0.717, 1.165) is 9.91 Å². The summed E-state index contributed by atoms with van der Waals surface area (Å²) in [7, 11) is 0. The first-order valence-corrected chi connectivity index (χ1v) is 8.76. The molecule has 0 bridgehead atoms. The number of hydrazine groups is 1. The molecule has 8 nitrogen and oxygen atoms in total. The third kappa shape index (κ3) is 3.15. The number of ether oxygens (including phenoxy) is 1. The van der Waals surface area contributed by atoms with Crippen LogP contribution < -0.4 is 10.3 Å². The lowest BCUT2D eigenvalue weighted by atomic mass is 9.96. The van der Waals surface area contributed by atoms with Gasteiger partial charge in [-0.2, -0.15) is 0 Å². The number of halogens is 2. The maximum Gasteiger partial charge on any atom is 0.355 e. The summed E-state index contributed by atoms with van der Waals surface area (Å²) < 4.78 is 4.91. The van der Waals surface area contributed by atoms with Gasteiger partial charge in [-0.25, -0.2) is 14.7 Å². The van der Waals surface area contributed by atoms with Crippen LogP contribution in [0.4, 0.5) is 5.69 Å². The number of carbonyl (C=O) groups excluding carboxylic acids is 4. The fourth-order valence-corrected chi connectivity index (χ4v) is 3.65. The van der Waals surface area contributed by atoms with Gasteiger partial charge in [0.15, 0.2) is 5.54 Å². The van der Waals surface area contributed by atoms with E-state index in [-0.39, 0.29) is 34.5 Å². The Morgan fingerprint density at radius 1 is 1.22 bits per heavy atom. The van der Waals surface area contributed by atoms with E-state index in [0.29, 0.717) is 0 Å². The van der Waals surface area contributed by atoms with Crippen molar-refractivity contribution in [2.45, 2.75) is 25.8 Å². The standard InChI is InChI=1S/C17H15Cl2N3O5/c1-3-27-15(25)13-7-17(22(20-13)9(2)23)8-14(24)21(16(17)26)12-5-10(18)4-11(19)6-12/h4-7,20H,3,8H2,1-2H3/t17-/m0/s1. The second-order valence-corrected chi connectivity index (χ2v) is 6.88. The van der Waals surface area contributed by atoms with Gasteiger partial charge in [0.1, 0.15) is 5.70 Å². The fraction of sp³-hybridized carbons (Fsp3) is 0.294. The molecule has 1 aromatic carbocycles. The summed E-state index contributed by atoms with van der Waals surface area (Å²) in [6.45, 7) is 2.96. The molecule has 0 unspecified atom stereocenters. The molecule has 2 aliphatic rings. The largest absolute Gasteiger partial charge is 0.461 e. The summed E-state index contributed by atoms with van der Waals surface area (Å²) in [5, 5.41) is 1.45. The molecule has 142 valence electrons. The predicted molar refractivity (Wildman–Crippen MR) is 96.7 cm³/mol. The lowest BCUT2D eigenvalue weighted by Gasteiger charge is -2.30. The highest BCUT2D eigenvalue weighted by molar-refractivity contribution is 6.36. The molecular formula is C17H15Cl2N3O5. The van der Waals surface area contributed by atoms with Crippen LogP contribution in [0.15, 0.2) is 30.0 Å². The molecule has 1 spiro atoms. The summed E-state index contributed by atoms with van der Waals surface area (Å²) in [4.78, 5) is 50.9. The highest BCUT2D eigenvalue weighted by Crippen LogP contribution is 2.39. The first-order valence-electron chi connectivity index (χ1n) is 8.00. The van der Waals surface area contributed by atoms with Gasteiger partial charge < -0.3 is 4.74 Å². The Balaban J connectivity index is 2.06. The molecule has 0 aliphatic carbocycles. The van der Waals surface area contributed by atoms with Crippen LogP contribution in [0.5, 0.6) is 0 Å². The maximum absolute atomic E-state index is 13.2. The molecule has 1 aromatic rings. The molecule has 1 saturated heterocycles. The summed E-state index contributed by atoms with van der Waals surface area (Å²) in [6, 6.07) is 4.29. The van der Waals surface area contributed by atoms with Crippen LogP contribution in [0.2, 0.25) is 10.0 Å². The molecule has 2 heterocycles. The highest BCUT2D eigenvalue weighted by Gasteiger charge is 2.59. The van der Waals surface area contributed by atoms with Crippen molar-refractivity contribution in [1.82, 2.24) is 10.4 Å². The number of benzene rings is 1. The Labute approximate surface area is 164 Å². The quantitative estimate of drug-likeness (QED) is 0.601. The third-order valence-corrected chi connectivity index (χ3v) is 4.61. The molecule has 27 heavy (non-hydrogen) atoms. The van der Waals surface area contributed by atoms with Crippen LogP contribution in [-0.4, -0.2) is 40.8 Å². The molecule has 3 rings (SSSR count). The number of amides is 3. The Kier molecular flexibility index (Phi) is 4.88. The van der Waals surface area contributed by atoms with Crippen molar-refractivity contribution >= 4 is 52.6 Å². The van der Waals surface area contributed by atoms with Crippen LogP contribution in [-0.2, 0) is 23.9 Å². The Hall–Kier alpha value is -2.58. The second-order valence-electron chi connectivity index (χ2n) is 6.01. The number of nitrogens with one attached hydrogen (secondary N) is 1. The van der Waals surface area contributed by atoms with Crippen molar-refractivity contribution in [1.29, 1.82) is 0 Å². The number of anilines is 1. The van der Waals surface area contributed by atoms with Crippen molar-refractivity contribution in [3.63, 3.8) is 0 Å². The van der Waals surface area contributed by atoms with E-state index in [4.69, 9.17) is 27.9 Å². The molecule has 3 amide bonds. The third-order valence-electron chi connectivity index (χ3n) is 4.17. The summed E-state index contributed by atoms with van der Waals surface area (Å²) >= 11 is 11.9. The van der Waals surface area contributed by atoms with Gasteiger partial charge in [0, 0.05) is 17.0 Å². The van der Waals surface area contributed by atoms with Gasteiger partial charge in [-0.3, -0.25) is 19.8 Å². The molecule has 1 fully saturated rings. The van der Waals surface area contributed by atoms with Gasteiger partial charge in [0.05, 0.1) is 18.7 Å². The molecule has 0 aromatic heterocycles. The van der Waals surface area contributed by atoms with E-state index in [1.54, 1.807) is 6.92 Å². The van der Waals surface area contributed by atoms with Crippen molar-refractivity contribution < 1.29 is 23.9 Å². The van der Waals surface area contributed by atoms with Gasteiger partial charge in [0.2, 0.25) is 11.8 Å². The van der Waals surface area contributed by atoms with Crippen LogP contribution in [0.3, 0.4) is 0 Å². The molecule has 0 saturated carbocycles. The van der Waals surface area contributed by atoms with Crippen molar-refractivity contribution in [2.75, 3.05) is 11.5 Å². The topological polar surface area (TPSA) is 96.0 Å². The SMILES string of the molecule is CCOC(=O)C1=C[C@@]2(CC(=O)N(c3cc(Cl)cc(Cl)c3)C2=O)N(C(C)=O)N1. The molecule has 1 atom stereocenters. The van der Waals surface area contributed by atoms with Gasteiger partial charge in [-0.15, -0.1) is 0 Å². The number of hydrogen-bond acceptors (Lipinski definition) is 6. The summed E-state index contributed by atoms with van der Waals surface area (Å²) in [5.74, 6) is -2.54. The van der Waals surface area contributed by atoms with Gasteiger partial charge >= 0.3 is 5.97 Å². The molecular weight excluding hydrogens is 397 g/mol. The minimum atomic E-state index is -1.67. The Bertz CT molecular complexity index is 880. The normalized spacial score (nSPS) is 21.6. The number of rotatable bonds is 3. The van der Waals surface area contributed by atoms with Crippen LogP contribution in [0.1, 0.15) is 20.3 Å². The van der Waals surface area contributed by atoms with Crippen LogP contribution in [0.25, 0.3) is 0 Å². The smallest absolute Gasteiger partial charge is 0.355 e. The van der Waals surface area contributed by atoms with E-state index < -0.39 is 29.2 Å². The van der Waals surface area contributed by atoms with Crippen molar-refractivity contribution in [3.8, 4) is 0 Å². The fourth-order valence-electron chi connectivity index (χ4n) is 3.14. The summed E-state index contributed by atoms with van der Waals surface area (Å²) in [6.07, 6.45) is 0.907. The molecule has 10 heteroatoms. The monoisotopic (exact) mass is 411 g/mol. The van der Waals surface area contributed by atoms with Gasteiger partial charge in [0.25, 0.3) is 5.91 Å². The van der Waals surface area contributed by atoms with Crippen molar-refractivity contribution in [3.05, 3.63) is 40.0 Å². The lowest BCUT2D eigenvalue weighted by molar-refractivity contribution is -0.144. The number of hydrogen-bond donors (Lipinski definition) is 1. The zero-order valence-electron chi connectivity index (χ0n) is 14.4. The number of esters is 1. The van der Waals surface area contributed by atoms with Crippen LogP contribution >= 0.6 is 23.2 Å². The summed E-state index contributed by atoms with van der Waals surface area (Å²) in [5.41, 5.74) is 1.00. The number of nitrogens with zero attached hydrogens (tertiary/aromatic N) is 2. The Morgan fingerprint density at radius 3 is 2.41 bits per heavy atom. The van der Waals surface area contributed by atoms with E-state index in [2.05, 4.69) is 5.43 Å². The maximum atomic E-state index is 13.2. The Morgan fingerprint density at radius 2 is 1.85 bits per heavy atom. The van der Waals surface area contributed by atoms with Gasteiger partial charge in [-0.1, -0.05) is 23.2 Å². The van der Waals surface area contributed by atoms with E-state index in [1.807, 2.05) is 0 Å². The minimum Gasteiger partial charge on any atom is -0.461 e. The predicted octanol–water partition coefficient (Wildman–Crippen LogP) is 1.81. The zero-order valence-corrected chi connectivity index (χ0v) is 15.9. The lowest BCUT2D eigenvalue weighted by Crippen LogP contribution is -2.56. The molecule has 0 radical (unpaired) electrons. The number of imide groups is 1. The highest BCUT2D eigenvalue weighted by atomic mass is 35.5. The molecule has 1 N–H and O–H groups in total. The van der Waals surface area contributed by atoms with E-state index >= 15 is 0 Å². The first kappa shape index (κ1) is 19.2. The van der Waals surface area contributed by atoms with E-state index in [1.165, 1.54) is 31.2 Å². The van der Waals surface area contributed by atoms with Crippen molar-refractivity contribution in [2.24, 2.45) is 0 Å². The minimum absolute atomic E-state index is 0.0841. The zero-order chi connectivity index (χ0) is 19.9. The first-order chi connectivity index (χ1) is 12.7. The number of carbonyl (C=O) groups is 4. The van der Waals surface area contributed by atoms with Crippen LogP contribution in [0, 0.1) is 0 Å². The second kappa shape index (κ2) is 6.86. The van der Waals surface area contributed by atoms with Gasteiger partial charge in [-0.05, 0) is 31.2 Å². The average molecular weight is 412 g/mol. The average Bonchev–Trinajstić information content (AvgIpc) is 3.06. The molecule has 2 aliphatic heterocycles.